The molecule has 1 aliphatic heterocycles. The average Bonchev–Trinajstić information content (AvgIpc) is 3.33. The quantitative estimate of drug-likeness (QED) is 0.775. The molecule has 1 aromatic rings. The van der Waals surface area contributed by atoms with Crippen LogP contribution in [0.1, 0.15) is 19.8 Å². The molecule has 0 aromatic heterocycles. The van der Waals surface area contributed by atoms with Crippen LogP contribution in [0.4, 0.5) is 4.79 Å². The van der Waals surface area contributed by atoms with Crippen LogP contribution in [0.5, 0.6) is 5.75 Å². The summed E-state index contributed by atoms with van der Waals surface area (Å²) in [4.78, 5) is 25.5. The van der Waals surface area contributed by atoms with Crippen molar-refractivity contribution in [3.05, 3.63) is 29.3 Å². The maximum atomic E-state index is 12.4. The molecule has 1 heterocycles. The summed E-state index contributed by atoms with van der Waals surface area (Å²) in [6.45, 7) is 1.65. The van der Waals surface area contributed by atoms with E-state index in [9.17, 15) is 14.7 Å². The lowest BCUT2D eigenvalue weighted by molar-refractivity contribution is -0.132. The smallest absolute Gasteiger partial charge is 0.325 e. The molecule has 2 N–H and O–H groups in total. The number of amides is 3. The molecule has 1 saturated heterocycles. The minimum atomic E-state index is -0.957. The molecule has 1 aliphatic carbocycles. The van der Waals surface area contributed by atoms with Gasteiger partial charge >= 0.3 is 6.03 Å². The van der Waals surface area contributed by atoms with Crippen LogP contribution in [0, 0.1) is 5.92 Å². The van der Waals surface area contributed by atoms with Crippen molar-refractivity contribution >= 4 is 23.5 Å². The van der Waals surface area contributed by atoms with Crippen molar-refractivity contribution < 1.29 is 19.4 Å². The van der Waals surface area contributed by atoms with E-state index in [0.717, 1.165) is 17.7 Å². The Kier molecular flexibility index (Phi) is 4.21. The van der Waals surface area contributed by atoms with E-state index >= 15 is 0 Å². The van der Waals surface area contributed by atoms with E-state index in [0.29, 0.717) is 10.8 Å². The maximum absolute atomic E-state index is 12.4. The van der Waals surface area contributed by atoms with Crippen LogP contribution in [0.3, 0.4) is 0 Å². The third-order valence-corrected chi connectivity index (χ3v) is 4.60. The molecule has 3 amide bonds. The second-order valence-electron chi connectivity index (χ2n) is 6.24. The Morgan fingerprint density at radius 3 is 2.65 bits per heavy atom. The number of aliphatic hydroxyl groups is 1. The molecule has 2 atom stereocenters. The van der Waals surface area contributed by atoms with Crippen LogP contribution in [0.2, 0.25) is 5.02 Å². The number of carbonyl (C=O) groups excluding carboxylic acids is 2. The molecule has 2 unspecified atom stereocenters. The third-order valence-electron chi connectivity index (χ3n) is 4.34. The number of ether oxygens (including phenoxy) is 1. The topological polar surface area (TPSA) is 78.9 Å². The maximum Gasteiger partial charge on any atom is 0.325 e. The minimum absolute atomic E-state index is 0.0150. The summed E-state index contributed by atoms with van der Waals surface area (Å²) >= 11 is 5.78. The van der Waals surface area contributed by atoms with Gasteiger partial charge in [0.15, 0.2) is 0 Å². The van der Waals surface area contributed by atoms with Crippen molar-refractivity contribution in [2.45, 2.75) is 31.4 Å². The van der Waals surface area contributed by atoms with E-state index in [-0.39, 0.29) is 25.0 Å². The number of imide groups is 1. The summed E-state index contributed by atoms with van der Waals surface area (Å²) in [5.41, 5.74) is -0.826. The lowest BCUT2D eigenvalue weighted by atomic mass is 9.96. The number of β-amino-alcohol motifs (C(OH)–C–C–N with tert-alkyl or cyclic N) is 1. The van der Waals surface area contributed by atoms with Gasteiger partial charge in [0.25, 0.3) is 5.91 Å². The highest BCUT2D eigenvalue weighted by Gasteiger charge is 2.56. The zero-order valence-corrected chi connectivity index (χ0v) is 13.5. The fourth-order valence-corrected chi connectivity index (χ4v) is 2.93. The van der Waals surface area contributed by atoms with E-state index in [1.54, 1.807) is 31.2 Å². The number of nitrogens with one attached hydrogen (secondary N) is 1. The lowest BCUT2D eigenvalue weighted by Gasteiger charge is -2.22. The first-order chi connectivity index (χ1) is 10.9. The van der Waals surface area contributed by atoms with E-state index < -0.39 is 17.7 Å². The van der Waals surface area contributed by atoms with Gasteiger partial charge in [0, 0.05) is 5.02 Å². The molecular formula is C16H19ClN2O4. The van der Waals surface area contributed by atoms with Gasteiger partial charge in [0.2, 0.25) is 0 Å². The van der Waals surface area contributed by atoms with Crippen molar-refractivity contribution in [1.82, 2.24) is 10.2 Å². The largest absolute Gasteiger partial charge is 0.491 e. The molecule has 0 radical (unpaired) electrons. The summed E-state index contributed by atoms with van der Waals surface area (Å²) in [5.74, 6) is 0.496. The zero-order chi connectivity index (χ0) is 16.6. The van der Waals surface area contributed by atoms with Gasteiger partial charge in [-0.25, -0.2) is 4.79 Å². The van der Waals surface area contributed by atoms with E-state index in [1.165, 1.54) is 0 Å². The number of hydrogen-bond donors (Lipinski definition) is 2. The van der Waals surface area contributed by atoms with Gasteiger partial charge in [-0.1, -0.05) is 11.6 Å². The Hall–Kier alpha value is -1.79. The molecule has 3 rings (SSSR count). The van der Waals surface area contributed by atoms with Gasteiger partial charge in [0.05, 0.1) is 6.54 Å². The Bertz CT molecular complexity index is 617. The van der Waals surface area contributed by atoms with Gasteiger partial charge in [-0.05, 0) is 49.9 Å². The van der Waals surface area contributed by atoms with Crippen molar-refractivity contribution in [3.8, 4) is 5.75 Å². The standard InChI is InChI=1S/C16H19ClN2O4/c1-16(10-2-3-10)14(21)19(15(22)18-16)8-12(20)9-23-13-6-4-11(17)5-7-13/h4-7,10,12,20H,2-3,8-9H2,1H3,(H,18,22). The number of rotatable bonds is 6. The van der Waals surface area contributed by atoms with Crippen molar-refractivity contribution in [2.24, 2.45) is 5.92 Å². The first kappa shape index (κ1) is 16.1. The van der Waals surface area contributed by atoms with Gasteiger partial charge in [-0.3, -0.25) is 9.69 Å². The Labute approximate surface area is 139 Å². The van der Waals surface area contributed by atoms with Crippen LogP contribution in [0.25, 0.3) is 0 Å². The van der Waals surface area contributed by atoms with Crippen LogP contribution in [-0.4, -0.2) is 46.7 Å². The third kappa shape index (κ3) is 3.28. The fourth-order valence-electron chi connectivity index (χ4n) is 2.81. The first-order valence-electron chi connectivity index (χ1n) is 7.60. The molecule has 2 aliphatic rings. The molecule has 1 aromatic carbocycles. The number of hydrogen-bond acceptors (Lipinski definition) is 4. The van der Waals surface area contributed by atoms with Gasteiger partial charge in [-0.2, -0.15) is 0 Å². The molecule has 0 bridgehead atoms. The Morgan fingerprint density at radius 2 is 2.04 bits per heavy atom. The second-order valence-corrected chi connectivity index (χ2v) is 6.68. The summed E-state index contributed by atoms with van der Waals surface area (Å²) < 4.78 is 5.44. The molecule has 124 valence electrons. The van der Waals surface area contributed by atoms with Crippen molar-refractivity contribution in [1.29, 1.82) is 0 Å². The zero-order valence-electron chi connectivity index (χ0n) is 12.8. The molecule has 1 saturated carbocycles. The highest BCUT2D eigenvalue weighted by Crippen LogP contribution is 2.42. The monoisotopic (exact) mass is 338 g/mol. The summed E-state index contributed by atoms with van der Waals surface area (Å²) in [6, 6.07) is 6.29. The van der Waals surface area contributed by atoms with Crippen LogP contribution in [-0.2, 0) is 4.79 Å². The van der Waals surface area contributed by atoms with Gasteiger partial charge in [0.1, 0.15) is 24.0 Å². The average molecular weight is 339 g/mol. The number of benzene rings is 1. The second kappa shape index (κ2) is 6.02. The highest BCUT2D eigenvalue weighted by atomic mass is 35.5. The fraction of sp³-hybridized carbons (Fsp3) is 0.500. The molecule has 7 heteroatoms. The van der Waals surface area contributed by atoms with Gasteiger partial charge in [-0.15, -0.1) is 0 Å². The number of urea groups is 1. The predicted octanol–water partition coefficient (Wildman–Crippen LogP) is 1.80. The SMILES string of the molecule is CC1(C2CC2)NC(=O)N(CC(O)COc2ccc(Cl)cc2)C1=O. The summed E-state index contributed by atoms with van der Waals surface area (Å²) in [6.07, 6.45) is 0.930. The highest BCUT2D eigenvalue weighted by molar-refractivity contribution is 6.30. The Morgan fingerprint density at radius 1 is 1.39 bits per heavy atom. The normalized spacial score (nSPS) is 25.4. The first-order valence-corrected chi connectivity index (χ1v) is 7.98. The molecular weight excluding hydrogens is 320 g/mol. The number of nitrogens with zero attached hydrogens (tertiary/aromatic N) is 1. The molecule has 0 spiro atoms. The van der Waals surface area contributed by atoms with Crippen molar-refractivity contribution in [3.63, 3.8) is 0 Å². The van der Waals surface area contributed by atoms with Crippen LogP contribution >= 0.6 is 11.6 Å². The summed E-state index contributed by atoms with van der Waals surface area (Å²) in [5, 5.41) is 13.4. The van der Waals surface area contributed by atoms with E-state index in [1.807, 2.05) is 0 Å². The molecule has 23 heavy (non-hydrogen) atoms. The molecule has 2 fully saturated rings. The van der Waals surface area contributed by atoms with Gasteiger partial charge < -0.3 is 15.2 Å². The number of halogens is 1. The predicted molar refractivity (Wildman–Crippen MR) is 84.3 cm³/mol. The number of carbonyl (C=O) groups is 2. The summed E-state index contributed by atoms with van der Waals surface area (Å²) in [7, 11) is 0. The van der Waals surface area contributed by atoms with E-state index in [2.05, 4.69) is 5.32 Å². The lowest BCUT2D eigenvalue weighted by Crippen LogP contribution is -2.46. The van der Waals surface area contributed by atoms with Crippen molar-refractivity contribution in [2.75, 3.05) is 13.2 Å². The number of aliphatic hydroxyl groups excluding tert-OH is 1. The molecule has 6 nitrogen and oxygen atoms in total. The van der Waals surface area contributed by atoms with Crippen LogP contribution < -0.4 is 10.1 Å². The van der Waals surface area contributed by atoms with Crippen LogP contribution in [0.15, 0.2) is 24.3 Å². The Balaban J connectivity index is 1.55. The minimum Gasteiger partial charge on any atom is -0.491 e. The van der Waals surface area contributed by atoms with E-state index in [4.69, 9.17) is 16.3 Å².